The summed E-state index contributed by atoms with van der Waals surface area (Å²) in [4.78, 5) is 34.1. The second-order valence-corrected chi connectivity index (χ2v) is 3.62. The fourth-order valence-corrected chi connectivity index (χ4v) is 1.69. The molecule has 0 aromatic carbocycles. The highest BCUT2D eigenvalue weighted by Gasteiger charge is 2.39. The van der Waals surface area contributed by atoms with Crippen molar-refractivity contribution in [3.8, 4) is 0 Å². The number of halogens is 1. The van der Waals surface area contributed by atoms with Crippen LogP contribution in [0.4, 0.5) is 4.39 Å². The third-order valence-electron chi connectivity index (χ3n) is 2.39. The molecule has 2 atom stereocenters. The van der Waals surface area contributed by atoms with Gasteiger partial charge in [-0.25, -0.2) is 4.79 Å². The summed E-state index contributed by atoms with van der Waals surface area (Å²) in [6.07, 6.45) is -0.0203. The molecule has 0 bridgehead atoms. The molecule has 6 heteroatoms. The maximum Gasteiger partial charge on any atom is 0.334 e. The Labute approximate surface area is 85.9 Å². The lowest BCUT2D eigenvalue weighted by atomic mass is 10.1. The molecule has 1 unspecified atom stereocenters. The van der Waals surface area contributed by atoms with E-state index in [9.17, 15) is 18.8 Å². The molecule has 0 radical (unpaired) electrons. The van der Waals surface area contributed by atoms with Crippen LogP contribution >= 0.6 is 0 Å². The van der Waals surface area contributed by atoms with Crippen LogP contribution in [0.15, 0.2) is 0 Å². The molecular formula is C9H12FNO4. The third-order valence-corrected chi connectivity index (χ3v) is 2.39. The second kappa shape index (κ2) is 4.37. The van der Waals surface area contributed by atoms with E-state index in [0.717, 1.165) is 11.8 Å². The number of likely N-dealkylation sites (tertiary alicyclic amines) is 1. The van der Waals surface area contributed by atoms with Gasteiger partial charge in [0.05, 0.1) is 6.67 Å². The minimum absolute atomic E-state index is 0.00583. The first-order chi connectivity index (χ1) is 6.97. The predicted octanol–water partition coefficient (Wildman–Crippen LogP) is -0.153. The van der Waals surface area contributed by atoms with Gasteiger partial charge in [-0.1, -0.05) is 0 Å². The Hall–Kier alpha value is -1.46. The Morgan fingerprint density at radius 1 is 1.67 bits per heavy atom. The first-order valence-corrected chi connectivity index (χ1v) is 4.56. The van der Waals surface area contributed by atoms with Gasteiger partial charge in [0, 0.05) is 18.9 Å². The molecular weight excluding hydrogens is 205 g/mol. The largest absolute Gasteiger partial charge is 0.479 e. The molecule has 1 aliphatic rings. The standard InChI is InChI=1S/C9H12FNO4/c1-5(12)8(9(14)15)11-4-6(3-10)2-7(11)13/h6,8H,2-4H2,1H3,(H,14,15)/t6-,8?/m1/s1. The van der Waals surface area contributed by atoms with E-state index < -0.39 is 36.3 Å². The average molecular weight is 217 g/mol. The first-order valence-electron chi connectivity index (χ1n) is 4.56. The van der Waals surface area contributed by atoms with Crippen LogP contribution in [-0.4, -0.2) is 46.9 Å². The molecule has 84 valence electrons. The van der Waals surface area contributed by atoms with Crippen molar-refractivity contribution in [1.82, 2.24) is 4.90 Å². The van der Waals surface area contributed by atoms with Crippen molar-refractivity contribution in [1.29, 1.82) is 0 Å². The number of hydrogen-bond donors (Lipinski definition) is 1. The Morgan fingerprint density at radius 2 is 2.27 bits per heavy atom. The van der Waals surface area contributed by atoms with E-state index in [1.807, 2.05) is 0 Å². The lowest BCUT2D eigenvalue weighted by Crippen LogP contribution is -2.46. The van der Waals surface area contributed by atoms with Gasteiger partial charge in [-0.3, -0.25) is 14.0 Å². The van der Waals surface area contributed by atoms with Crippen molar-refractivity contribution in [3.63, 3.8) is 0 Å². The number of ketones is 1. The number of carboxylic acids is 1. The van der Waals surface area contributed by atoms with Crippen LogP contribution in [0, 0.1) is 5.92 Å². The Bertz CT molecular complexity index is 290. The third kappa shape index (κ3) is 2.31. The molecule has 1 fully saturated rings. The summed E-state index contributed by atoms with van der Waals surface area (Å²) in [5.74, 6) is -2.94. The second-order valence-electron chi connectivity index (χ2n) is 3.62. The molecule has 1 amide bonds. The zero-order valence-corrected chi connectivity index (χ0v) is 8.27. The molecule has 0 saturated carbocycles. The van der Waals surface area contributed by atoms with Gasteiger partial charge in [-0.2, -0.15) is 0 Å². The molecule has 15 heavy (non-hydrogen) atoms. The molecule has 1 saturated heterocycles. The number of nitrogens with zero attached hydrogens (tertiary/aromatic N) is 1. The number of Topliss-reactive ketones (excluding diaryl/α,β-unsaturated/α-hetero) is 1. The highest BCUT2D eigenvalue weighted by molar-refractivity contribution is 6.04. The minimum Gasteiger partial charge on any atom is -0.479 e. The van der Waals surface area contributed by atoms with Gasteiger partial charge >= 0.3 is 5.97 Å². The summed E-state index contributed by atoms with van der Waals surface area (Å²) < 4.78 is 12.3. The Balaban J connectivity index is 2.82. The molecule has 1 rings (SSSR count). The highest BCUT2D eigenvalue weighted by atomic mass is 19.1. The van der Waals surface area contributed by atoms with E-state index in [1.54, 1.807) is 0 Å². The van der Waals surface area contributed by atoms with Crippen LogP contribution in [-0.2, 0) is 14.4 Å². The van der Waals surface area contributed by atoms with Gasteiger partial charge in [0.15, 0.2) is 11.8 Å². The van der Waals surface area contributed by atoms with E-state index in [-0.39, 0.29) is 13.0 Å². The number of carbonyl (C=O) groups excluding carboxylic acids is 2. The monoisotopic (exact) mass is 217 g/mol. The smallest absolute Gasteiger partial charge is 0.334 e. The maximum atomic E-state index is 12.3. The van der Waals surface area contributed by atoms with E-state index in [4.69, 9.17) is 5.11 Å². The lowest BCUT2D eigenvalue weighted by Gasteiger charge is -2.21. The summed E-state index contributed by atoms with van der Waals surface area (Å²) in [6.45, 7) is 0.438. The number of alkyl halides is 1. The highest BCUT2D eigenvalue weighted by Crippen LogP contribution is 2.21. The summed E-state index contributed by atoms with van der Waals surface area (Å²) >= 11 is 0. The molecule has 0 spiro atoms. The molecule has 5 nitrogen and oxygen atoms in total. The molecule has 0 aliphatic carbocycles. The van der Waals surface area contributed by atoms with E-state index in [1.165, 1.54) is 0 Å². The van der Waals surface area contributed by atoms with Crippen molar-refractivity contribution in [2.24, 2.45) is 5.92 Å². The van der Waals surface area contributed by atoms with Gasteiger partial charge in [0.25, 0.3) is 0 Å². The van der Waals surface area contributed by atoms with Crippen LogP contribution in [0.5, 0.6) is 0 Å². The zero-order valence-electron chi connectivity index (χ0n) is 8.27. The van der Waals surface area contributed by atoms with Gasteiger partial charge in [-0.15, -0.1) is 0 Å². The first kappa shape index (κ1) is 11.6. The van der Waals surface area contributed by atoms with Crippen molar-refractivity contribution in [2.75, 3.05) is 13.2 Å². The van der Waals surface area contributed by atoms with Crippen LogP contribution in [0.1, 0.15) is 13.3 Å². The Kier molecular flexibility index (Phi) is 3.39. The molecule has 0 aromatic rings. The zero-order chi connectivity index (χ0) is 11.6. The van der Waals surface area contributed by atoms with Gasteiger partial charge in [0.1, 0.15) is 0 Å². The van der Waals surface area contributed by atoms with E-state index >= 15 is 0 Å². The molecule has 1 N–H and O–H groups in total. The van der Waals surface area contributed by atoms with E-state index in [2.05, 4.69) is 0 Å². The fourth-order valence-electron chi connectivity index (χ4n) is 1.69. The quantitative estimate of drug-likeness (QED) is 0.664. The Morgan fingerprint density at radius 3 is 2.60 bits per heavy atom. The summed E-state index contributed by atoms with van der Waals surface area (Å²) in [7, 11) is 0. The van der Waals surface area contributed by atoms with Gasteiger partial charge < -0.3 is 10.0 Å². The minimum atomic E-state index is -1.46. The number of rotatable bonds is 4. The lowest BCUT2D eigenvalue weighted by molar-refractivity contribution is -0.152. The SMILES string of the molecule is CC(=O)C(C(=O)O)N1C[C@@H](CF)CC1=O. The van der Waals surface area contributed by atoms with Gasteiger partial charge in [-0.05, 0) is 6.92 Å². The topological polar surface area (TPSA) is 74.7 Å². The van der Waals surface area contributed by atoms with Crippen molar-refractivity contribution in [3.05, 3.63) is 0 Å². The van der Waals surface area contributed by atoms with Crippen LogP contribution in [0.25, 0.3) is 0 Å². The predicted molar refractivity (Wildman–Crippen MR) is 47.9 cm³/mol. The number of carbonyl (C=O) groups is 3. The molecule has 1 aliphatic heterocycles. The van der Waals surface area contributed by atoms with E-state index in [0.29, 0.717) is 0 Å². The fraction of sp³-hybridized carbons (Fsp3) is 0.667. The van der Waals surface area contributed by atoms with Crippen LogP contribution in [0.2, 0.25) is 0 Å². The van der Waals surface area contributed by atoms with Crippen molar-refractivity contribution >= 4 is 17.7 Å². The summed E-state index contributed by atoms with van der Waals surface area (Å²) in [5, 5.41) is 8.77. The van der Waals surface area contributed by atoms with Crippen molar-refractivity contribution in [2.45, 2.75) is 19.4 Å². The molecule has 1 heterocycles. The van der Waals surface area contributed by atoms with Crippen LogP contribution < -0.4 is 0 Å². The average Bonchev–Trinajstić information content (AvgIpc) is 2.46. The maximum absolute atomic E-state index is 12.3. The normalized spacial score (nSPS) is 22.9. The summed E-state index contributed by atoms with van der Waals surface area (Å²) in [5.41, 5.74) is 0. The van der Waals surface area contributed by atoms with Gasteiger partial charge in [0.2, 0.25) is 5.91 Å². The van der Waals surface area contributed by atoms with Crippen molar-refractivity contribution < 1.29 is 23.9 Å². The number of amides is 1. The van der Waals surface area contributed by atoms with Crippen LogP contribution in [0.3, 0.4) is 0 Å². The number of carboxylic acid groups (broad SMARTS) is 1. The summed E-state index contributed by atoms with van der Waals surface area (Å²) in [6, 6.07) is -1.46. The number of aliphatic carboxylic acids is 1. The number of hydrogen-bond acceptors (Lipinski definition) is 3. The molecule has 0 aromatic heterocycles.